The number of fused-ring (bicyclic) bond motifs is 1. The normalized spacial score (nSPS) is 11.6. The van der Waals surface area contributed by atoms with Gasteiger partial charge in [0.2, 0.25) is 0 Å². The van der Waals surface area contributed by atoms with Crippen LogP contribution >= 0.6 is 0 Å². The molecule has 0 amide bonds. The highest BCUT2D eigenvalue weighted by Crippen LogP contribution is 2.36. The maximum atomic E-state index is 13.3. The summed E-state index contributed by atoms with van der Waals surface area (Å²) in [6, 6.07) is 12.2. The van der Waals surface area contributed by atoms with Crippen molar-refractivity contribution in [3.05, 3.63) is 54.0 Å². The summed E-state index contributed by atoms with van der Waals surface area (Å²) >= 11 is 0. The van der Waals surface area contributed by atoms with Crippen molar-refractivity contribution < 1.29 is 18.7 Å². The first kappa shape index (κ1) is 19.0. The molecule has 0 aliphatic carbocycles. The minimum atomic E-state index is -1.09. The number of hydrogen-bond acceptors (Lipinski definition) is 3. The number of carbonyl (C=O) groups excluding carboxylic acids is 1. The Bertz CT molecular complexity index is 987. The van der Waals surface area contributed by atoms with Gasteiger partial charge in [0.15, 0.2) is 5.60 Å². The van der Waals surface area contributed by atoms with E-state index in [-0.39, 0.29) is 5.82 Å². The second kappa shape index (κ2) is 7.06. The third-order valence-corrected chi connectivity index (χ3v) is 4.74. The molecule has 0 radical (unpaired) electrons. The lowest BCUT2D eigenvalue weighted by molar-refractivity contribution is -0.158. The van der Waals surface area contributed by atoms with Gasteiger partial charge < -0.3 is 14.0 Å². The number of rotatable bonds is 5. The van der Waals surface area contributed by atoms with Gasteiger partial charge in [0.05, 0.1) is 6.61 Å². The van der Waals surface area contributed by atoms with E-state index in [0.29, 0.717) is 12.4 Å². The summed E-state index contributed by atoms with van der Waals surface area (Å²) in [6.07, 6.45) is 0. The molecular formula is C22H24FNO3. The maximum Gasteiger partial charge on any atom is 0.349 e. The Morgan fingerprint density at radius 3 is 2.44 bits per heavy atom. The van der Waals surface area contributed by atoms with Gasteiger partial charge in [0, 0.05) is 29.2 Å². The van der Waals surface area contributed by atoms with E-state index in [0.717, 1.165) is 27.7 Å². The molecule has 0 N–H and O–H groups in total. The standard InChI is InChI=1S/C22H24FNO3/c1-6-26-21(25)22(3,4)27-17-11-12-19-18(13-17)20(14(2)24(19)5)15-7-9-16(23)10-8-15/h7-13H,6H2,1-5H3. The molecule has 4 nitrogen and oxygen atoms in total. The molecule has 5 heteroatoms. The number of carbonyl (C=O) groups is 1. The molecule has 142 valence electrons. The Labute approximate surface area is 158 Å². The van der Waals surface area contributed by atoms with Crippen LogP contribution in [0, 0.1) is 12.7 Å². The molecular weight excluding hydrogens is 345 g/mol. The van der Waals surface area contributed by atoms with Crippen molar-refractivity contribution in [2.75, 3.05) is 6.61 Å². The lowest BCUT2D eigenvalue weighted by Gasteiger charge is -2.24. The molecule has 1 heterocycles. The second-order valence-electron chi connectivity index (χ2n) is 7.04. The van der Waals surface area contributed by atoms with Crippen LogP contribution in [0.15, 0.2) is 42.5 Å². The van der Waals surface area contributed by atoms with Crippen LogP contribution in [0.25, 0.3) is 22.0 Å². The van der Waals surface area contributed by atoms with Crippen molar-refractivity contribution in [1.29, 1.82) is 0 Å². The zero-order valence-corrected chi connectivity index (χ0v) is 16.3. The lowest BCUT2D eigenvalue weighted by atomic mass is 10.0. The van der Waals surface area contributed by atoms with Crippen LogP contribution in [-0.2, 0) is 16.6 Å². The predicted octanol–water partition coefficient (Wildman–Crippen LogP) is 5.01. The second-order valence-corrected chi connectivity index (χ2v) is 7.04. The molecule has 1 aromatic heterocycles. The smallest absolute Gasteiger partial charge is 0.349 e. The first-order chi connectivity index (χ1) is 12.7. The molecule has 3 aromatic rings. The molecule has 0 saturated heterocycles. The van der Waals surface area contributed by atoms with E-state index in [4.69, 9.17) is 9.47 Å². The molecule has 0 atom stereocenters. The van der Waals surface area contributed by atoms with Gasteiger partial charge in [0.1, 0.15) is 11.6 Å². The van der Waals surface area contributed by atoms with Crippen LogP contribution in [0.4, 0.5) is 4.39 Å². The van der Waals surface area contributed by atoms with Gasteiger partial charge in [0.25, 0.3) is 0 Å². The highest BCUT2D eigenvalue weighted by molar-refractivity contribution is 5.98. The molecule has 3 rings (SSSR count). The van der Waals surface area contributed by atoms with Gasteiger partial charge in [-0.15, -0.1) is 0 Å². The van der Waals surface area contributed by atoms with E-state index >= 15 is 0 Å². The molecule has 0 fully saturated rings. The Hall–Kier alpha value is -2.82. The molecule has 0 unspecified atom stereocenters. The zero-order chi connectivity index (χ0) is 19.8. The van der Waals surface area contributed by atoms with Crippen molar-refractivity contribution >= 4 is 16.9 Å². The number of aryl methyl sites for hydroxylation is 1. The minimum absolute atomic E-state index is 0.267. The topological polar surface area (TPSA) is 40.5 Å². The Morgan fingerprint density at radius 2 is 1.81 bits per heavy atom. The number of aromatic nitrogens is 1. The molecule has 0 bridgehead atoms. The third kappa shape index (κ3) is 3.54. The fraction of sp³-hybridized carbons (Fsp3) is 0.318. The highest BCUT2D eigenvalue weighted by Gasteiger charge is 2.31. The summed E-state index contributed by atoms with van der Waals surface area (Å²) < 4.78 is 26.5. The number of esters is 1. The van der Waals surface area contributed by atoms with E-state index < -0.39 is 11.6 Å². The van der Waals surface area contributed by atoms with E-state index in [1.54, 1.807) is 32.9 Å². The average molecular weight is 369 g/mol. The molecule has 0 saturated carbocycles. The highest BCUT2D eigenvalue weighted by atomic mass is 19.1. The first-order valence-corrected chi connectivity index (χ1v) is 8.96. The number of halogens is 1. The van der Waals surface area contributed by atoms with E-state index in [2.05, 4.69) is 4.57 Å². The Kier molecular flexibility index (Phi) is 4.96. The van der Waals surface area contributed by atoms with E-state index in [1.165, 1.54) is 12.1 Å². The van der Waals surface area contributed by atoms with Crippen LogP contribution in [0.2, 0.25) is 0 Å². The summed E-state index contributed by atoms with van der Waals surface area (Å²) in [7, 11) is 1.99. The molecule has 27 heavy (non-hydrogen) atoms. The predicted molar refractivity (Wildman–Crippen MR) is 104 cm³/mol. The zero-order valence-electron chi connectivity index (χ0n) is 16.3. The van der Waals surface area contributed by atoms with Gasteiger partial charge in [-0.05, 0) is 63.6 Å². The van der Waals surface area contributed by atoms with Crippen molar-refractivity contribution in [3.8, 4) is 16.9 Å². The number of benzene rings is 2. The van der Waals surface area contributed by atoms with Gasteiger partial charge in [-0.3, -0.25) is 0 Å². The Balaban J connectivity index is 2.08. The van der Waals surface area contributed by atoms with Crippen LogP contribution in [0.3, 0.4) is 0 Å². The Morgan fingerprint density at radius 1 is 1.15 bits per heavy atom. The van der Waals surface area contributed by atoms with E-state index in [9.17, 15) is 9.18 Å². The summed E-state index contributed by atoms with van der Waals surface area (Å²) in [5.41, 5.74) is 2.96. The lowest BCUT2D eigenvalue weighted by Crippen LogP contribution is -2.39. The van der Waals surface area contributed by atoms with Crippen LogP contribution in [-0.4, -0.2) is 22.7 Å². The SMILES string of the molecule is CCOC(=O)C(C)(C)Oc1ccc2c(c1)c(-c1ccc(F)cc1)c(C)n2C. The quantitative estimate of drug-likeness (QED) is 0.593. The number of nitrogens with zero attached hydrogens (tertiary/aromatic N) is 1. The van der Waals surface area contributed by atoms with Gasteiger partial charge >= 0.3 is 5.97 Å². The van der Waals surface area contributed by atoms with Crippen molar-refractivity contribution in [2.45, 2.75) is 33.3 Å². The average Bonchev–Trinajstić information content (AvgIpc) is 2.86. The van der Waals surface area contributed by atoms with Crippen LogP contribution < -0.4 is 4.74 Å². The largest absolute Gasteiger partial charge is 0.476 e. The minimum Gasteiger partial charge on any atom is -0.476 e. The summed E-state index contributed by atoms with van der Waals surface area (Å²) in [4.78, 5) is 12.1. The summed E-state index contributed by atoms with van der Waals surface area (Å²) in [5.74, 6) is -0.0977. The van der Waals surface area contributed by atoms with Crippen molar-refractivity contribution in [1.82, 2.24) is 4.57 Å². The monoisotopic (exact) mass is 369 g/mol. The van der Waals surface area contributed by atoms with Crippen molar-refractivity contribution in [3.63, 3.8) is 0 Å². The van der Waals surface area contributed by atoms with Gasteiger partial charge in [-0.1, -0.05) is 12.1 Å². The maximum absolute atomic E-state index is 13.3. The molecule has 0 aliphatic heterocycles. The van der Waals surface area contributed by atoms with Gasteiger partial charge in [-0.25, -0.2) is 9.18 Å². The van der Waals surface area contributed by atoms with Crippen LogP contribution in [0.1, 0.15) is 26.5 Å². The van der Waals surface area contributed by atoms with Gasteiger partial charge in [-0.2, -0.15) is 0 Å². The fourth-order valence-electron chi connectivity index (χ4n) is 3.24. The molecule has 2 aromatic carbocycles. The first-order valence-electron chi connectivity index (χ1n) is 8.96. The van der Waals surface area contributed by atoms with E-state index in [1.807, 2.05) is 32.2 Å². The molecule has 0 aliphatic rings. The summed E-state index contributed by atoms with van der Waals surface area (Å²) in [6.45, 7) is 7.47. The number of ether oxygens (including phenoxy) is 2. The third-order valence-electron chi connectivity index (χ3n) is 4.74. The molecule has 0 spiro atoms. The van der Waals surface area contributed by atoms with Crippen molar-refractivity contribution in [2.24, 2.45) is 7.05 Å². The van der Waals surface area contributed by atoms with Crippen LogP contribution in [0.5, 0.6) is 5.75 Å². The summed E-state index contributed by atoms with van der Waals surface area (Å²) in [5, 5.41) is 0.985. The number of hydrogen-bond donors (Lipinski definition) is 0. The fourth-order valence-corrected chi connectivity index (χ4v) is 3.24.